The number of hydrogen-bond donors (Lipinski definition) is 0. The third-order valence-corrected chi connectivity index (χ3v) is 2.85. The molecule has 0 aliphatic rings. The average molecular weight is 283 g/mol. The van der Waals surface area contributed by atoms with Gasteiger partial charge in [-0.3, -0.25) is 0 Å². The monoisotopic (exact) mass is 282 g/mol. The van der Waals surface area contributed by atoms with Crippen LogP contribution in [0.3, 0.4) is 0 Å². The molecular formula is C16H34MgO2. The van der Waals surface area contributed by atoms with Crippen LogP contribution in [0.15, 0.2) is 0 Å². The van der Waals surface area contributed by atoms with Crippen LogP contribution in [0.4, 0.5) is 0 Å². The van der Waals surface area contributed by atoms with Gasteiger partial charge in [0, 0.05) is 0 Å². The number of rotatable bonds is 10. The first-order chi connectivity index (χ1) is 8.54. The van der Waals surface area contributed by atoms with Gasteiger partial charge in [0.2, 0.25) is 0 Å². The Hall–Kier alpha value is 0.686. The molecule has 0 saturated carbocycles. The smallest absolute Gasteiger partial charge is 0.854 e. The Morgan fingerprint density at radius 1 is 0.579 bits per heavy atom. The fourth-order valence-corrected chi connectivity index (χ4v) is 1.66. The Labute approximate surface area is 137 Å². The van der Waals surface area contributed by atoms with Crippen LogP contribution in [0.2, 0.25) is 0 Å². The van der Waals surface area contributed by atoms with Gasteiger partial charge in [0.05, 0.1) is 0 Å². The van der Waals surface area contributed by atoms with E-state index in [1.54, 1.807) is 0 Å². The van der Waals surface area contributed by atoms with Gasteiger partial charge in [-0.25, -0.2) is 0 Å². The molecule has 0 heterocycles. The predicted octanol–water partition coefficient (Wildman–Crippen LogP) is 2.75. The van der Waals surface area contributed by atoms with Crippen molar-refractivity contribution in [3.05, 3.63) is 0 Å². The van der Waals surface area contributed by atoms with Crippen molar-refractivity contribution >= 4 is 23.1 Å². The normalized spacial score (nSPS) is 10.1. The summed E-state index contributed by atoms with van der Waals surface area (Å²) >= 11 is 0. The topological polar surface area (TPSA) is 46.1 Å². The van der Waals surface area contributed by atoms with Crippen molar-refractivity contribution in [1.29, 1.82) is 0 Å². The van der Waals surface area contributed by atoms with E-state index in [9.17, 15) is 10.2 Å². The zero-order valence-corrected chi connectivity index (χ0v) is 15.2. The first-order valence-electron chi connectivity index (χ1n) is 7.70. The molecule has 0 unspecified atom stereocenters. The molecule has 0 saturated heterocycles. The van der Waals surface area contributed by atoms with Gasteiger partial charge in [0.15, 0.2) is 0 Å². The molecule has 2 nitrogen and oxygen atoms in total. The summed E-state index contributed by atoms with van der Waals surface area (Å²) in [5.41, 5.74) is 0. The summed E-state index contributed by atoms with van der Waals surface area (Å²) in [6.45, 7) is 9.10. The average Bonchev–Trinajstić information content (AvgIpc) is 2.31. The minimum atomic E-state index is 0. The van der Waals surface area contributed by atoms with Crippen LogP contribution in [-0.4, -0.2) is 36.3 Å². The Morgan fingerprint density at radius 3 is 1.11 bits per heavy atom. The molecule has 19 heavy (non-hydrogen) atoms. The van der Waals surface area contributed by atoms with Crippen LogP contribution in [0.5, 0.6) is 0 Å². The van der Waals surface area contributed by atoms with Crippen LogP contribution in [0.1, 0.15) is 79.1 Å². The van der Waals surface area contributed by atoms with Crippen LogP contribution in [0, 0.1) is 11.8 Å². The summed E-state index contributed by atoms with van der Waals surface area (Å²) in [4.78, 5) is 0. The quantitative estimate of drug-likeness (QED) is 0.457. The van der Waals surface area contributed by atoms with Crippen LogP contribution >= 0.6 is 0 Å². The molecule has 0 atom stereocenters. The third kappa shape index (κ3) is 32.3. The van der Waals surface area contributed by atoms with Crippen molar-refractivity contribution in [3.63, 3.8) is 0 Å². The van der Waals surface area contributed by atoms with E-state index < -0.39 is 0 Å². The van der Waals surface area contributed by atoms with Crippen molar-refractivity contribution in [2.75, 3.05) is 13.2 Å². The Bertz CT molecular complexity index is 123. The molecule has 0 aliphatic heterocycles. The van der Waals surface area contributed by atoms with E-state index >= 15 is 0 Å². The molecule has 0 rings (SSSR count). The van der Waals surface area contributed by atoms with Gasteiger partial charge in [-0.2, -0.15) is 0 Å². The molecular weight excluding hydrogens is 248 g/mol. The SMILES string of the molecule is CC(C)CCCCC[O-].CC(C)CCCCC[O-].[Mg+2]. The molecule has 0 bridgehead atoms. The number of unbranched alkanes of at least 4 members (excludes halogenated alkanes) is 4. The number of hydrogen-bond acceptors (Lipinski definition) is 2. The maximum absolute atomic E-state index is 9.97. The standard InChI is InChI=1S/2C8H17O.Mg/c2*1-8(2)6-4-3-5-7-9;/h2*8H,3-7H2,1-2H3;/q2*-1;+2. The van der Waals surface area contributed by atoms with Gasteiger partial charge in [-0.1, -0.05) is 79.1 Å². The molecule has 0 aliphatic carbocycles. The van der Waals surface area contributed by atoms with E-state index in [0.717, 1.165) is 37.5 Å². The molecule has 0 aromatic rings. The Morgan fingerprint density at radius 2 is 0.895 bits per heavy atom. The fraction of sp³-hybridized carbons (Fsp3) is 1.00. The second kappa shape index (κ2) is 21.0. The van der Waals surface area contributed by atoms with E-state index in [2.05, 4.69) is 27.7 Å². The molecule has 3 heteroatoms. The summed E-state index contributed by atoms with van der Waals surface area (Å²) < 4.78 is 0. The first kappa shape index (κ1) is 24.7. The summed E-state index contributed by atoms with van der Waals surface area (Å²) in [7, 11) is 0. The van der Waals surface area contributed by atoms with E-state index in [0.29, 0.717) is 0 Å². The summed E-state index contributed by atoms with van der Waals surface area (Å²) in [5, 5.41) is 19.9. The second-order valence-electron chi connectivity index (χ2n) is 5.89. The van der Waals surface area contributed by atoms with Crippen LogP contribution in [0.25, 0.3) is 0 Å². The van der Waals surface area contributed by atoms with Crippen molar-refractivity contribution < 1.29 is 10.2 Å². The molecule has 0 spiro atoms. The molecule has 112 valence electrons. The maximum Gasteiger partial charge on any atom is 2.00 e. The minimum Gasteiger partial charge on any atom is -0.854 e. The van der Waals surface area contributed by atoms with Crippen molar-refractivity contribution in [2.24, 2.45) is 11.8 Å². The molecule has 0 N–H and O–H groups in total. The fourth-order valence-electron chi connectivity index (χ4n) is 1.66. The van der Waals surface area contributed by atoms with E-state index in [-0.39, 0.29) is 36.3 Å². The molecule has 0 amide bonds. The van der Waals surface area contributed by atoms with Gasteiger partial charge >= 0.3 is 23.1 Å². The maximum atomic E-state index is 9.97. The summed E-state index contributed by atoms with van der Waals surface area (Å²) in [6, 6.07) is 0. The predicted molar refractivity (Wildman–Crippen MR) is 82.1 cm³/mol. The molecule has 0 fully saturated rings. The van der Waals surface area contributed by atoms with Crippen LogP contribution in [-0.2, 0) is 0 Å². The van der Waals surface area contributed by atoms with Crippen molar-refractivity contribution in [2.45, 2.75) is 79.1 Å². The van der Waals surface area contributed by atoms with Crippen molar-refractivity contribution in [1.82, 2.24) is 0 Å². The Kier molecular flexibility index (Phi) is 27.3. The third-order valence-electron chi connectivity index (χ3n) is 2.85. The molecule has 0 aromatic carbocycles. The van der Waals surface area contributed by atoms with E-state index in [4.69, 9.17) is 0 Å². The minimum absolute atomic E-state index is 0. The molecule has 0 radical (unpaired) electrons. The zero-order valence-electron chi connectivity index (χ0n) is 13.7. The van der Waals surface area contributed by atoms with E-state index in [1.807, 2.05) is 0 Å². The largest absolute Gasteiger partial charge is 2.00 e. The van der Waals surface area contributed by atoms with Gasteiger partial charge in [0.25, 0.3) is 0 Å². The summed E-state index contributed by atoms with van der Waals surface area (Å²) in [5.74, 6) is 1.60. The van der Waals surface area contributed by atoms with Crippen molar-refractivity contribution in [3.8, 4) is 0 Å². The molecule has 0 aromatic heterocycles. The van der Waals surface area contributed by atoms with Gasteiger partial charge in [0.1, 0.15) is 0 Å². The van der Waals surface area contributed by atoms with E-state index in [1.165, 1.54) is 25.7 Å². The zero-order chi connectivity index (χ0) is 14.2. The Balaban J connectivity index is -0.000000256. The second-order valence-corrected chi connectivity index (χ2v) is 5.89. The van der Waals surface area contributed by atoms with Gasteiger partial charge in [-0.15, -0.1) is 13.2 Å². The van der Waals surface area contributed by atoms with Crippen LogP contribution < -0.4 is 10.2 Å². The van der Waals surface area contributed by atoms with Gasteiger partial charge < -0.3 is 10.2 Å². The van der Waals surface area contributed by atoms with Gasteiger partial charge in [-0.05, 0) is 11.8 Å². The summed E-state index contributed by atoms with van der Waals surface area (Å²) in [6.07, 6.45) is 9.02. The first-order valence-corrected chi connectivity index (χ1v) is 7.70.